The third kappa shape index (κ3) is 4.08. The van der Waals surface area contributed by atoms with E-state index < -0.39 is 0 Å². The number of aromatic nitrogens is 2. The van der Waals surface area contributed by atoms with Gasteiger partial charge in [0.2, 0.25) is 11.7 Å². The quantitative estimate of drug-likeness (QED) is 0.570. The molecule has 0 spiro atoms. The van der Waals surface area contributed by atoms with Crippen molar-refractivity contribution in [2.45, 2.75) is 18.4 Å². The summed E-state index contributed by atoms with van der Waals surface area (Å²) < 4.78 is 5.29. The number of hydrogen-bond acceptors (Lipinski definition) is 5. The number of rotatable bonds is 6. The van der Waals surface area contributed by atoms with Gasteiger partial charge in [-0.25, -0.2) is 0 Å². The lowest BCUT2D eigenvalue weighted by Crippen LogP contribution is -2.26. The number of thioether (sulfide) groups is 1. The smallest absolute Gasteiger partial charge is 0.255 e. The standard InChI is InChI=1S/C19H18ClN3O2S/c1-3-26-16-11-7-5-9-14(16)19(24)23(2)12-17-21-18(22-25-17)13-8-4-6-10-15(13)20/h4-11H,3,12H2,1-2H3. The summed E-state index contributed by atoms with van der Waals surface area (Å²) in [6, 6.07) is 14.9. The number of carbonyl (C=O) groups is 1. The first kappa shape index (κ1) is 18.5. The predicted molar refractivity (Wildman–Crippen MR) is 103 cm³/mol. The second-order valence-corrected chi connectivity index (χ2v) is 7.30. The minimum absolute atomic E-state index is 0.0842. The van der Waals surface area contributed by atoms with E-state index in [9.17, 15) is 4.79 Å². The van der Waals surface area contributed by atoms with Crippen molar-refractivity contribution in [1.82, 2.24) is 15.0 Å². The summed E-state index contributed by atoms with van der Waals surface area (Å²) in [6.45, 7) is 2.28. The molecular formula is C19H18ClN3O2S. The molecule has 0 saturated heterocycles. The topological polar surface area (TPSA) is 59.2 Å². The molecule has 0 radical (unpaired) electrons. The fourth-order valence-corrected chi connectivity index (χ4v) is 3.49. The Morgan fingerprint density at radius 3 is 2.69 bits per heavy atom. The van der Waals surface area contributed by atoms with Gasteiger partial charge in [0.05, 0.1) is 17.1 Å². The largest absolute Gasteiger partial charge is 0.337 e. The number of halogens is 1. The van der Waals surface area contributed by atoms with Crippen molar-refractivity contribution in [2.24, 2.45) is 0 Å². The van der Waals surface area contributed by atoms with E-state index in [-0.39, 0.29) is 12.5 Å². The Balaban J connectivity index is 1.76. The Morgan fingerprint density at radius 1 is 1.19 bits per heavy atom. The van der Waals surface area contributed by atoms with Crippen LogP contribution in [0, 0.1) is 0 Å². The van der Waals surface area contributed by atoms with Gasteiger partial charge in [0.25, 0.3) is 5.91 Å². The van der Waals surface area contributed by atoms with Crippen LogP contribution in [-0.2, 0) is 6.54 Å². The third-order valence-corrected chi connectivity index (χ3v) is 5.00. The maximum Gasteiger partial charge on any atom is 0.255 e. The number of amides is 1. The van der Waals surface area contributed by atoms with Crippen LogP contribution < -0.4 is 0 Å². The van der Waals surface area contributed by atoms with Crippen LogP contribution in [0.15, 0.2) is 57.9 Å². The van der Waals surface area contributed by atoms with Gasteiger partial charge in [-0.05, 0) is 30.0 Å². The lowest BCUT2D eigenvalue weighted by atomic mass is 10.2. The molecule has 1 amide bonds. The van der Waals surface area contributed by atoms with Crippen LogP contribution in [0.5, 0.6) is 0 Å². The summed E-state index contributed by atoms with van der Waals surface area (Å²) in [5.74, 6) is 1.59. The van der Waals surface area contributed by atoms with Crippen LogP contribution in [0.4, 0.5) is 0 Å². The molecular weight excluding hydrogens is 370 g/mol. The Hall–Kier alpha value is -2.31. The Kier molecular flexibility index (Phi) is 5.96. The zero-order valence-electron chi connectivity index (χ0n) is 14.5. The molecule has 0 N–H and O–H groups in total. The highest BCUT2D eigenvalue weighted by Gasteiger charge is 2.19. The highest BCUT2D eigenvalue weighted by atomic mass is 35.5. The van der Waals surface area contributed by atoms with E-state index in [1.165, 1.54) is 0 Å². The van der Waals surface area contributed by atoms with E-state index in [2.05, 4.69) is 17.1 Å². The molecule has 3 rings (SSSR count). The van der Waals surface area contributed by atoms with Crippen molar-refractivity contribution in [3.8, 4) is 11.4 Å². The Bertz CT molecular complexity index is 913. The first-order valence-electron chi connectivity index (χ1n) is 8.15. The van der Waals surface area contributed by atoms with Crippen molar-refractivity contribution in [2.75, 3.05) is 12.8 Å². The molecule has 0 aliphatic carbocycles. The SMILES string of the molecule is CCSc1ccccc1C(=O)N(C)Cc1nc(-c2ccccc2Cl)no1. The van der Waals surface area contributed by atoms with Crippen molar-refractivity contribution in [3.05, 3.63) is 65.0 Å². The summed E-state index contributed by atoms with van der Waals surface area (Å²) in [6.07, 6.45) is 0. The van der Waals surface area contributed by atoms with Crippen LogP contribution in [0.1, 0.15) is 23.2 Å². The van der Waals surface area contributed by atoms with Crippen molar-refractivity contribution < 1.29 is 9.32 Å². The lowest BCUT2D eigenvalue weighted by Gasteiger charge is -2.16. The van der Waals surface area contributed by atoms with E-state index >= 15 is 0 Å². The molecule has 5 nitrogen and oxygen atoms in total. The van der Waals surface area contributed by atoms with Crippen LogP contribution >= 0.6 is 23.4 Å². The van der Waals surface area contributed by atoms with Gasteiger partial charge < -0.3 is 9.42 Å². The number of nitrogens with zero attached hydrogens (tertiary/aromatic N) is 3. The maximum atomic E-state index is 12.8. The molecule has 0 aliphatic rings. The van der Waals surface area contributed by atoms with Gasteiger partial charge >= 0.3 is 0 Å². The minimum Gasteiger partial charge on any atom is -0.337 e. The van der Waals surface area contributed by atoms with E-state index in [0.717, 1.165) is 10.6 Å². The molecule has 0 atom stereocenters. The fraction of sp³-hybridized carbons (Fsp3) is 0.211. The highest BCUT2D eigenvalue weighted by Crippen LogP contribution is 2.26. The van der Waals surface area contributed by atoms with E-state index in [4.69, 9.17) is 16.1 Å². The Labute approximate surface area is 161 Å². The maximum absolute atomic E-state index is 12.8. The summed E-state index contributed by atoms with van der Waals surface area (Å²) in [4.78, 5) is 19.7. The molecule has 2 aromatic carbocycles. The van der Waals surface area contributed by atoms with Gasteiger partial charge in [0.1, 0.15) is 0 Å². The summed E-state index contributed by atoms with van der Waals surface area (Å²) in [5, 5.41) is 4.52. The molecule has 0 saturated carbocycles. The summed E-state index contributed by atoms with van der Waals surface area (Å²) in [5.41, 5.74) is 1.37. The minimum atomic E-state index is -0.0842. The van der Waals surface area contributed by atoms with E-state index in [0.29, 0.717) is 27.9 Å². The van der Waals surface area contributed by atoms with Gasteiger partial charge in [0, 0.05) is 17.5 Å². The molecule has 0 fully saturated rings. The van der Waals surface area contributed by atoms with Crippen molar-refractivity contribution in [1.29, 1.82) is 0 Å². The molecule has 0 unspecified atom stereocenters. The summed E-state index contributed by atoms with van der Waals surface area (Å²) >= 11 is 7.81. The van der Waals surface area contributed by atoms with E-state index in [1.807, 2.05) is 42.5 Å². The average molecular weight is 388 g/mol. The van der Waals surface area contributed by atoms with Crippen LogP contribution in [0.3, 0.4) is 0 Å². The van der Waals surface area contributed by atoms with Gasteiger partial charge in [0.15, 0.2) is 0 Å². The van der Waals surface area contributed by atoms with Crippen LogP contribution in [0.25, 0.3) is 11.4 Å². The molecule has 7 heteroatoms. The second kappa shape index (κ2) is 8.38. The fourth-order valence-electron chi connectivity index (χ4n) is 2.48. The zero-order chi connectivity index (χ0) is 18.5. The molecule has 26 heavy (non-hydrogen) atoms. The molecule has 3 aromatic rings. The molecule has 0 aliphatic heterocycles. The zero-order valence-corrected chi connectivity index (χ0v) is 16.0. The first-order valence-corrected chi connectivity index (χ1v) is 9.51. The molecule has 1 heterocycles. The predicted octanol–water partition coefficient (Wildman–Crippen LogP) is 4.77. The van der Waals surface area contributed by atoms with E-state index in [1.54, 1.807) is 29.8 Å². The summed E-state index contributed by atoms with van der Waals surface area (Å²) in [7, 11) is 1.72. The van der Waals surface area contributed by atoms with Crippen molar-refractivity contribution in [3.63, 3.8) is 0 Å². The monoisotopic (exact) mass is 387 g/mol. The van der Waals surface area contributed by atoms with Gasteiger partial charge in [-0.2, -0.15) is 4.98 Å². The molecule has 1 aromatic heterocycles. The number of carbonyl (C=O) groups excluding carboxylic acids is 1. The molecule has 0 bridgehead atoms. The highest BCUT2D eigenvalue weighted by molar-refractivity contribution is 7.99. The van der Waals surface area contributed by atoms with Crippen molar-refractivity contribution >= 4 is 29.3 Å². The average Bonchev–Trinajstić information content (AvgIpc) is 3.10. The van der Waals surface area contributed by atoms with Crippen LogP contribution in [0.2, 0.25) is 5.02 Å². The first-order chi connectivity index (χ1) is 12.6. The molecule has 134 valence electrons. The van der Waals surface area contributed by atoms with Gasteiger partial charge in [-0.3, -0.25) is 4.79 Å². The van der Waals surface area contributed by atoms with Crippen LogP contribution in [-0.4, -0.2) is 33.7 Å². The van der Waals surface area contributed by atoms with Gasteiger partial charge in [-0.1, -0.05) is 47.9 Å². The lowest BCUT2D eigenvalue weighted by molar-refractivity contribution is 0.0766. The third-order valence-electron chi connectivity index (χ3n) is 3.72. The number of benzene rings is 2. The number of hydrogen-bond donors (Lipinski definition) is 0. The Morgan fingerprint density at radius 2 is 1.92 bits per heavy atom. The normalized spacial score (nSPS) is 10.7. The van der Waals surface area contributed by atoms with Gasteiger partial charge in [-0.15, -0.1) is 11.8 Å². The second-order valence-electron chi connectivity index (χ2n) is 5.58.